The fourth-order valence-electron chi connectivity index (χ4n) is 2.90. The van der Waals surface area contributed by atoms with Gasteiger partial charge >= 0.3 is 0 Å². The Kier molecular flexibility index (Phi) is 5.70. The molecule has 0 bridgehead atoms. The first-order valence-corrected chi connectivity index (χ1v) is 9.45. The molecule has 2 aromatic heterocycles. The number of nitrogens with one attached hydrogen (secondary N) is 2. The van der Waals surface area contributed by atoms with Crippen LogP contribution in [0.4, 0.5) is 11.5 Å². The van der Waals surface area contributed by atoms with Gasteiger partial charge in [-0.15, -0.1) is 0 Å². The van der Waals surface area contributed by atoms with Gasteiger partial charge in [0.05, 0.1) is 18.1 Å². The van der Waals surface area contributed by atoms with Crippen LogP contribution in [0.25, 0.3) is 11.0 Å². The van der Waals surface area contributed by atoms with Crippen molar-refractivity contribution >= 4 is 28.5 Å². The molecule has 0 amide bonds. The number of aryl methyl sites for hydroxylation is 1. The van der Waals surface area contributed by atoms with Gasteiger partial charge in [-0.25, -0.2) is 9.97 Å². The van der Waals surface area contributed by atoms with Gasteiger partial charge in [0.2, 0.25) is 0 Å². The lowest BCUT2D eigenvalue weighted by Crippen LogP contribution is -2.23. The molecule has 0 atom stereocenters. The van der Waals surface area contributed by atoms with Crippen LogP contribution in [-0.4, -0.2) is 38.8 Å². The lowest BCUT2D eigenvalue weighted by atomic mass is 10.3. The van der Waals surface area contributed by atoms with Crippen molar-refractivity contribution in [2.24, 2.45) is 17.8 Å². The number of anilines is 2. The van der Waals surface area contributed by atoms with Crippen molar-refractivity contribution < 1.29 is 4.74 Å². The number of nitrogens with two attached hydrogens (primary N) is 1. The van der Waals surface area contributed by atoms with Gasteiger partial charge in [0.1, 0.15) is 23.6 Å². The Labute approximate surface area is 173 Å². The molecule has 4 aromatic rings. The van der Waals surface area contributed by atoms with E-state index in [1.807, 2.05) is 61.6 Å². The molecule has 0 aliphatic heterocycles. The Morgan fingerprint density at radius 3 is 2.80 bits per heavy atom. The molecule has 0 aliphatic carbocycles. The summed E-state index contributed by atoms with van der Waals surface area (Å²) in [5, 5.41) is 11.4. The molecule has 9 nitrogen and oxygen atoms in total. The van der Waals surface area contributed by atoms with Crippen molar-refractivity contribution in [2.45, 2.75) is 0 Å². The van der Waals surface area contributed by atoms with Crippen LogP contribution in [0.5, 0.6) is 11.5 Å². The van der Waals surface area contributed by atoms with Gasteiger partial charge in [0, 0.05) is 25.3 Å². The number of rotatable bonds is 7. The summed E-state index contributed by atoms with van der Waals surface area (Å²) in [5.41, 5.74) is 7.58. The average molecular weight is 402 g/mol. The highest BCUT2D eigenvalue weighted by Gasteiger charge is 2.06. The lowest BCUT2D eigenvalue weighted by molar-refractivity contribution is 0.483. The van der Waals surface area contributed by atoms with E-state index in [9.17, 15) is 0 Å². The number of hydrogen-bond acceptors (Lipinski definition) is 6. The summed E-state index contributed by atoms with van der Waals surface area (Å²) in [6.07, 6.45) is 3.25. The third-order valence-corrected chi connectivity index (χ3v) is 4.30. The van der Waals surface area contributed by atoms with Gasteiger partial charge in [-0.05, 0) is 24.3 Å². The van der Waals surface area contributed by atoms with E-state index < -0.39 is 0 Å². The van der Waals surface area contributed by atoms with E-state index in [1.54, 1.807) is 10.9 Å². The number of hydrogen-bond donors (Lipinski definition) is 3. The Morgan fingerprint density at radius 2 is 1.93 bits per heavy atom. The highest BCUT2D eigenvalue weighted by Crippen LogP contribution is 2.23. The minimum absolute atomic E-state index is 0.322. The highest BCUT2D eigenvalue weighted by molar-refractivity contribution is 5.92. The number of ether oxygens (including phenoxy) is 1. The molecule has 4 N–H and O–H groups in total. The topological polar surface area (TPSA) is 115 Å². The zero-order valence-corrected chi connectivity index (χ0v) is 16.5. The molecule has 30 heavy (non-hydrogen) atoms. The van der Waals surface area contributed by atoms with Crippen LogP contribution in [0, 0.1) is 0 Å². The van der Waals surface area contributed by atoms with Crippen molar-refractivity contribution in [1.82, 2.24) is 19.7 Å². The van der Waals surface area contributed by atoms with E-state index in [-0.39, 0.29) is 0 Å². The van der Waals surface area contributed by atoms with Crippen molar-refractivity contribution in [3.63, 3.8) is 0 Å². The van der Waals surface area contributed by atoms with E-state index in [0.717, 1.165) is 28.3 Å². The van der Waals surface area contributed by atoms with E-state index in [1.165, 1.54) is 6.33 Å². The maximum atomic E-state index is 6.01. The van der Waals surface area contributed by atoms with Crippen LogP contribution in [0.3, 0.4) is 0 Å². The Balaban J connectivity index is 1.31. The minimum Gasteiger partial charge on any atom is -0.457 e. The second kappa shape index (κ2) is 8.91. The second-order valence-corrected chi connectivity index (χ2v) is 6.49. The SMILES string of the molecule is Cn1ncc2c(NCCN=C(N)Nc3cccc(Oc4ccccc4)c3)ncnc21. The Bertz CT molecular complexity index is 1160. The fourth-order valence-corrected chi connectivity index (χ4v) is 2.90. The van der Waals surface area contributed by atoms with Crippen molar-refractivity contribution in [2.75, 3.05) is 23.7 Å². The van der Waals surface area contributed by atoms with Crippen LogP contribution in [0.15, 0.2) is 72.1 Å². The molecule has 152 valence electrons. The number of benzene rings is 2. The predicted octanol–water partition coefficient (Wildman–Crippen LogP) is 2.99. The summed E-state index contributed by atoms with van der Waals surface area (Å²) in [6.45, 7) is 1.05. The molecule has 2 aromatic carbocycles. The number of aromatic nitrogens is 4. The Hall–Kier alpha value is -4.14. The zero-order chi connectivity index (χ0) is 20.8. The normalized spacial score (nSPS) is 11.4. The predicted molar refractivity (Wildman–Crippen MR) is 118 cm³/mol. The third kappa shape index (κ3) is 4.64. The summed E-state index contributed by atoms with van der Waals surface area (Å²) >= 11 is 0. The molecule has 4 rings (SSSR count). The number of nitrogens with zero attached hydrogens (tertiary/aromatic N) is 5. The van der Waals surface area contributed by atoms with Gasteiger partial charge in [-0.2, -0.15) is 5.10 Å². The molecule has 0 fully saturated rings. The number of para-hydroxylation sites is 1. The van der Waals surface area contributed by atoms with Crippen LogP contribution < -0.4 is 21.1 Å². The zero-order valence-electron chi connectivity index (χ0n) is 16.5. The summed E-state index contributed by atoms with van der Waals surface area (Å²) in [5.74, 6) is 2.53. The largest absolute Gasteiger partial charge is 0.457 e. The number of guanidine groups is 1. The van der Waals surface area contributed by atoms with E-state index in [0.29, 0.717) is 24.8 Å². The Morgan fingerprint density at radius 1 is 1.10 bits per heavy atom. The molecule has 0 spiro atoms. The molecule has 0 saturated heterocycles. The quantitative estimate of drug-likeness (QED) is 0.247. The standard InChI is InChI=1S/C21H22N8O/c1-29-20-18(13-27-29)19(25-14-26-20)23-10-11-24-21(22)28-15-6-5-9-17(12-15)30-16-7-3-2-4-8-16/h2-9,12-14H,10-11H2,1H3,(H3,22,24,28)(H,23,25,26). The van der Waals surface area contributed by atoms with Crippen LogP contribution in [0.1, 0.15) is 0 Å². The first-order valence-electron chi connectivity index (χ1n) is 9.45. The second-order valence-electron chi connectivity index (χ2n) is 6.49. The third-order valence-electron chi connectivity index (χ3n) is 4.30. The monoisotopic (exact) mass is 402 g/mol. The van der Waals surface area contributed by atoms with Crippen LogP contribution in [-0.2, 0) is 7.05 Å². The highest BCUT2D eigenvalue weighted by atomic mass is 16.5. The first kappa shape index (κ1) is 19.2. The van der Waals surface area contributed by atoms with Crippen LogP contribution >= 0.6 is 0 Å². The summed E-state index contributed by atoms with van der Waals surface area (Å²) < 4.78 is 7.54. The summed E-state index contributed by atoms with van der Waals surface area (Å²) in [6, 6.07) is 17.2. The molecule has 0 radical (unpaired) electrons. The maximum Gasteiger partial charge on any atom is 0.193 e. The number of aliphatic imine (C=N–C) groups is 1. The van der Waals surface area contributed by atoms with E-state index in [2.05, 4.69) is 30.7 Å². The maximum absolute atomic E-state index is 6.01. The smallest absolute Gasteiger partial charge is 0.193 e. The van der Waals surface area contributed by atoms with E-state index >= 15 is 0 Å². The minimum atomic E-state index is 0.322. The number of fused-ring (bicyclic) bond motifs is 1. The van der Waals surface area contributed by atoms with Gasteiger partial charge in [0.15, 0.2) is 11.6 Å². The molecule has 0 unspecified atom stereocenters. The van der Waals surface area contributed by atoms with Crippen molar-refractivity contribution in [3.05, 3.63) is 67.1 Å². The van der Waals surface area contributed by atoms with Gasteiger partial charge in [-0.3, -0.25) is 9.67 Å². The van der Waals surface area contributed by atoms with Gasteiger partial charge in [0.25, 0.3) is 0 Å². The summed E-state index contributed by atoms with van der Waals surface area (Å²) in [4.78, 5) is 12.8. The van der Waals surface area contributed by atoms with Gasteiger partial charge in [-0.1, -0.05) is 24.3 Å². The van der Waals surface area contributed by atoms with E-state index in [4.69, 9.17) is 10.5 Å². The van der Waals surface area contributed by atoms with Gasteiger partial charge < -0.3 is 21.1 Å². The fraction of sp³-hybridized carbons (Fsp3) is 0.143. The summed E-state index contributed by atoms with van der Waals surface area (Å²) in [7, 11) is 1.84. The van der Waals surface area contributed by atoms with Crippen molar-refractivity contribution in [3.8, 4) is 11.5 Å². The molecule has 9 heteroatoms. The van der Waals surface area contributed by atoms with Crippen LogP contribution in [0.2, 0.25) is 0 Å². The molecule has 2 heterocycles. The lowest BCUT2D eigenvalue weighted by Gasteiger charge is -2.09. The molecule has 0 saturated carbocycles. The van der Waals surface area contributed by atoms with Crippen molar-refractivity contribution in [1.29, 1.82) is 0 Å². The molecular weight excluding hydrogens is 380 g/mol. The molecule has 0 aliphatic rings. The first-order chi connectivity index (χ1) is 14.7. The molecular formula is C21H22N8O. The average Bonchev–Trinajstić information content (AvgIpc) is 3.14.